The summed E-state index contributed by atoms with van der Waals surface area (Å²) in [5.74, 6) is -0.234. The van der Waals surface area contributed by atoms with Gasteiger partial charge < -0.3 is 5.32 Å². The number of nitrogens with one attached hydrogen (secondary N) is 1. The molecule has 1 N–H and O–H groups in total. The van der Waals surface area contributed by atoms with E-state index in [9.17, 15) is 4.79 Å². The molecule has 2 aromatic heterocycles. The Balaban J connectivity index is 2.04. The van der Waals surface area contributed by atoms with E-state index in [1.54, 1.807) is 24.4 Å². The highest BCUT2D eigenvalue weighted by Gasteiger charge is 2.10. The predicted octanol–water partition coefficient (Wildman–Crippen LogP) is 3.95. The number of rotatable bonds is 2. The Morgan fingerprint density at radius 1 is 1.19 bits per heavy atom. The van der Waals surface area contributed by atoms with Gasteiger partial charge in [0.25, 0.3) is 5.91 Å². The standard InChI is InChI=1S/C16H12BrN3O/c1-10-8-15(12-9-11(17)5-6-13(12)19-10)20-16(21)14-4-2-3-7-18-14/h2-9H,1H3,(H,19,20,21). The van der Waals surface area contributed by atoms with Crippen LogP contribution < -0.4 is 5.32 Å². The van der Waals surface area contributed by atoms with Crippen LogP contribution >= 0.6 is 15.9 Å². The average Bonchev–Trinajstić information content (AvgIpc) is 2.49. The molecular weight excluding hydrogens is 330 g/mol. The van der Waals surface area contributed by atoms with Crippen LogP contribution in [-0.4, -0.2) is 15.9 Å². The van der Waals surface area contributed by atoms with Crippen LogP contribution in [0.5, 0.6) is 0 Å². The summed E-state index contributed by atoms with van der Waals surface area (Å²) in [6, 6.07) is 12.9. The molecule has 1 amide bonds. The second-order valence-corrected chi connectivity index (χ2v) is 5.56. The quantitative estimate of drug-likeness (QED) is 0.767. The summed E-state index contributed by atoms with van der Waals surface area (Å²) in [6.45, 7) is 1.90. The number of halogens is 1. The molecule has 0 aliphatic carbocycles. The van der Waals surface area contributed by atoms with E-state index >= 15 is 0 Å². The largest absolute Gasteiger partial charge is 0.320 e. The first kappa shape index (κ1) is 13.7. The van der Waals surface area contributed by atoms with E-state index in [1.165, 1.54) is 0 Å². The summed E-state index contributed by atoms with van der Waals surface area (Å²) in [5.41, 5.74) is 2.81. The Morgan fingerprint density at radius 2 is 2.05 bits per heavy atom. The normalized spacial score (nSPS) is 10.6. The van der Waals surface area contributed by atoms with Crippen LogP contribution in [-0.2, 0) is 0 Å². The average molecular weight is 342 g/mol. The molecule has 4 nitrogen and oxygen atoms in total. The molecule has 5 heteroatoms. The fraction of sp³-hybridized carbons (Fsp3) is 0.0625. The molecule has 0 saturated heterocycles. The first-order valence-electron chi connectivity index (χ1n) is 6.43. The lowest BCUT2D eigenvalue weighted by Crippen LogP contribution is -2.14. The highest BCUT2D eigenvalue weighted by atomic mass is 79.9. The van der Waals surface area contributed by atoms with Crippen LogP contribution in [0.25, 0.3) is 10.9 Å². The van der Waals surface area contributed by atoms with E-state index in [2.05, 4.69) is 31.2 Å². The molecule has 0 aliphatic rings. The van der Waals surface area contributed by atoms with Gasteiger partial charge in [0.15, 0.2) is 0 Å². The number of pyridine rings is 2. The lowest BCUT2D eigenvalue weighted by atomic mass is 10.1. The molecule has 0 radical (unpaired) electrons. The van der Waals surface area contributed by atoms with Gasteiger partial charge in [-0.1, -0.05) is 22.0 Å². The third kappa shape index (κ3) is 2.92. The minimum atomic E-state index is -0.234. The minimum Gasteiger partial charge on any atom is -0.320 e. The van der Waals surface area contributed by atoms with Crippen molar-refractivity contribution in [2.75, 3.05) is 5.32 Å². The number of benzene rings is 1. The number of carbonyl (C=O) groups excluding carboxylic acids is 1. The smallest absolute Gasteiger partial charge is 0.274 e. The summed E-state index contributed by atoms with van der Waals surface area (Å²) in [4.78, 5) is 20.8. The second kappa shape index (κ2) is 5.61. The van der Waals surface area contributed by atoms with E-state index in [4.69, 9.17) is 0 Å². The fourth-order valence-corrected chi connectivity index (χ4v) is 2.48. The van der Waals surface area contributed by atoms with E-state index < -0.39 is 0 Å². The molecule has 1 aromatic carbocycles. The number of aromatic nitrogens is 2. The molecule has 3 aromatic rings. The lowest BCUT2D eigenvalue weighted by Gasteiger charge is -2.10. The Bertz CT molecular complexity index is 818. The van der Waals surface area contributed by atoms with Crippen molar-refractivity contribution in [1.82, 2.24) is 9.97 Å². The summed E-state index contributed by atoms with van der Waals surface area (Å²) in [7, 11) is 0. The summed E-state index contributed by atoms with van der Waals surface area (Å²) < 4.78 is 0.939. The van der Waals surface area contributed by atoms with Crippen molar-refractivity contribution in [2.24, 2.45) is 0 Å². The van der Waals surface area contributed by atoms with Crippen molar-refractivity contribution < 1.29 is 4.79 Å². The monoisotopic (exact) mass is 341 g/mol. The molecule has 0 spiro atoms. The number of anilines is 1. The zero-order chi connectivity index (χ0) is 14.8. The van der Waals surface area contributed by atoms with Gasteiger partial charge in [0.05, 0.1) is 11.2 Å². The molecule has 0 bridgehead atoms. The Kier molecular flexibility index (Phi) is 3.66. The van der Waals surface area contributed by atoms with Gasteiger partial charge in [0, 0.05) is 21.7 Å². The topological polar surface area (TPSA) is 54.9 Å². The molecule has 0 saturated carbocycles. The van der Waals surface area contributed by atoms with Gasteiger partial charge in [-0.15, -0.1) is 0 Å². The van der Waals surface area contributed by atoms with Crippen molar-refractivity contribution >= 4 is 38.4 Å². The van der Waals surface area contributed by atoms with Crippen molar-refractivity contribution in [3.63, 3.8) is 0 Å². The van der Waals surface area contributed by atoms with Crippen LogP contribution in [0.15, 0.2) is 53.1 Å². The van der Waals surface area contributed by atoms with Crippen LogP contribution in [0.4, 0.5) is 5.69 Å². The van der Waals surface area contributed by atoms with Crippen molar-refractivity contribution in [3.05, 3.63) is 64.5 Å². The number of aryl methyl sites for hydroxylation is 1. The van der Waals surface area contributed by atoms with E-state index in [0.29, 0.717) is 5.69 Å². The van der Waals surface area contributed by atoms with E-state index in [1.807, 2.05) is 31.2 Å². The van der Waals surface area contributed by atoms with Crippen LogP contribution in [0.3, 0.4) is 0 Å². The van der Waals surface area contributed by atoms with E-state index in [-0.39, 0.29) is 5.91 Å². The van der Waals surface area contributed by atoms with Crippen LogP contribution in [0.2, 0.25) is 0 Å². The summed E-state index contributed by atoms with van der Waals surface area (Å²) >= 11 is 3.44. The number of fused-ring (bicyclic) bond motifs is 1. The number of amides is 1. The van der Waals surface area contributed by atoms with Gasteiger partial charge in [-0.3, -0.25) is 14.8 Å². The molecule has 0 atom stereocenters. The number of nitrogens with zero attached hydrogens (tertiary/aromatic N) is 2. The molecular formula is C16H12BrN3O. The Morgan fingerprint density at radius 3 is 2.81 bits per heavy atom. The van der Waals surface area contributed by atoms with Gasteiger partial charge in [-0.2, -0.15) is 0 Å². The summed E-state index contributed by atoms with van der Waals surface area (Å²) in [6.07, 6.45) is 1.60. The molecule has 21 heavy (non-hydrogen) atoms. The van der Waals surface area contributed by atoms with Crippen LogP contribution in [0, 0.1) is 6.92 Å². The SMILES string of the molecule is Cc1cc(NC(=O)c2ccccn2)c2cc(Br)ccc2n1. The van der Waals surface area contributed by atoms with E-state index in [0.717, 1.165) is 26.8 Å². The van der Waals surface area contributed by atoms with Gasteiger partial charge in [0.1, 0.15) is 5.69 Å². The third-order valence-corrected chi connectivity index (χ3v) is 3.54. The fourth-order valence-electron chi connectivity index (χ4n) is 2.12. The van der Waals surface area contributed by atoms with Gasteiger partial charge in [-0.25, -0.2) is 0 Å². The molecule has 0 unspecified atom stereocenters. The zero-order valence-corrected chi connectivity index (χ0v) is 12.9. The molecule has 0 aliphatic heterocycles. The number of hydrogen-bond acceptors (Lipinski definition) is 3. The molecule has 2 heterocycles. The van der Waals surface area contributed by atoms with Gasteiger partial charge >= 0.3 is 0 Å². The number of carbonyl (C=O) groups is 1. The highest BCUT2D eigenvalue weighted by molar-refractivity contribution is 9.10. The Labute approximate surface area is 130 Å². The van der Waals surface area contributed by atoms with Crippen molar-refractivity contribution in [1.29, 1.82) is 0 Å². The van der Waals surface area contributed by atoms with Crippen LogP contribution in [0.1, 0.15) is 16.2 Å². The number of hydrogen-bond donors (Lipinski definition) is 1. The van der Waals surface area contributed by atoms with Gasteiger partial charge in [0.2, 0.25) is 0 Å². The van der Waals surface area contributed by atoms with Crippen molar-refractivity contribution in [3.8, 4) is 0 Å². The van der Waals surface area contributed by atoms with Gasteiger partial charge in [-0.05, 0) is 43.3 Å². The summed E-state index contributed by atoms with van der Waals surface area (Å²) in [5, 5.41) is 3.80. The first-order chi connectivity index (χ1) is 10.1. The third-order valence-electron chi connectivity index (χ3n) is 3.04. The maximum Gasteiger partial charge on any atom is 0.274 e. The molecule has 0 fully saturated rings. The minimum absolute atomic E-state index is 0.234. The maximum atomic E-state index is 12.2. The zero-order valence-electron chi connectivity index (χ0n) is 11.3. The second-order valence-electron chi connectivity index (χ2n) is 4.64. The predicted molar refractivity (Wildman–Crippen MR) is 86.4 cm³/mol. The molecule has 3 rings (SSSR count). The molecule has 104 valence electrons. The first-order valence-corrected chi connectivity index (χ1v) is 7.22. The van der Waals surface area contributed by atoms with Crippen molar-refractivity contribution in [2.45, 2.75) is 6.92 Å². The maximum absolute atomic E-state index is 12.2. The Hall–Kier alpha value is -2.27. The lowest BCUT2D eigenvalue weighted by molar-refractivity contribution is 0.102. The highest BCUT2D eigenvalue weighted by Crippen LogP contribution is 2.26.